The van der Waals surface area contributed by atoms with E-state index in [4.69, 9.17) is 9.88 Å². The monoisotopic (exact) mass is 397 g/mol. The van der Waals surface area contributed by atoms with Crippen molar-refractivity contribution in [2.24, 2.45) is 5.14 Å². The maximum absolute atomic E-state index is 13.1. The molecule has 1 heterocycles. The van der Waals surface area contributed by atoms with Gasteiger partial charge >= 0.3 is 0 Å². The van der Waals surface area contributed by atoms with Gasteiger partial charge < -0.3 is 10.1 Å². The van der Waals surface area contributed by atoms with E-state index >= 15 is 0 Å². The van der Waals surface area contributed by atoms with Crippen molar-refractivity contribution in [3.63, 3.8) is 0 Å². The van der Waals surface area contributed by atoms with Gasteiger partial charge in [-0.3, -0.25) is 9.78 Å². The molecule has 0 bridgehead atoms. The van der Waals surface area contributed by atoms with Crippen molar-refractivity contribution in [2.45, 2.75) is 23.7 Å². The Labute approximate surface area is 162 Å². The van der Waals surface area contributed by atoms with Crippen molar-refractivity contribution in [2.75, 3.05) is 12.4 Å². The minimum atomic E-state index is -3.91. The van der Waals surface area contributed by atoms with Gasteiger partial charge in [0.25, 0.3) is 5.91 Å². The Morgan fingerprint density at radius 2 is 1.93 bits per heavy atom. The number of para-hydroxylation sites is 1. The van der Waals surface area contributed by atoms with Crippen LogP contribution in [0.3, 0.4) is 0 Å². The number of carbonyl (C=O) groups excluding carboxylic acids is 1. The molecule has 1 fully saturated rings. The van der Waals surface area contributed by atoms with Gasteiger partial charge in [0.15, 0.2) is 0 Å². The van der Waals surface area contributed by atoms with Crippen molar-refractivity contribution in [1.29, 1.82) is 0 Å². The summed E-state index contributed by atoms with van der Waals surface area (Å²) in [7, 11) is -2.47. The van der Waals surface area contributed by atoms with Crippen LogP contribution >= 0.6 is 0 Å². The second-order valence-electron chi connectivity index (χ2n) is 6.75. The molecule has 0 aliphatic heterocycles. The molecule has 28 heavy (non-hydrogen) atoms. The number of sulfonamides is 1. The van der Waals surface area contributed by atoms with Gasteiger partial charge in [-0.2, -0.15) is 0 Å². The summed E-state index contributed by atoms with van der Waals surface area (Å²) in [6.07, 6.45) is 2.13. The standard InChI is InChI=1S/C20H19N3O4S/c1-27-19-9-8-13(28(21,25)26)10-18(19)23-20(24)15-11-17(12-6-7-12)22-16-5-3-2-4-14(15)16/h2-5,8-12H,6-7H2,1H3,(H,23,24)(H2,21,25,26). The number of rotatable bonds is 5. The van der Waals surface area contributed by atoms with Crippen LogP contribution in [-0.2, 0) is 10.0 Å². The third-order valence-electron chi connectivity index (χ3n) is 4.72. The summed E-state index contributed by atoms with van der Waals surface area (Å²) < 4.78 is 28.6. The summed E-state index contributed by atoms with van der Waals surface area (Å²) in [4.78, 5) is 17.6. The first-order valence-corrected chi connectivity index (χ1v) is 10.3. The maximum atomic E-state index is 13.1. The summed E-state index contributed by atoms with van der Waals surface area (Å²) in [5.74, 6) is 0.350. The zero-order chi connectivity index (χ0) is 19.9. The Balaban J connectivity index is 1.77. The van der Waals surface area contributed by atoms with Crippen molar-refractivity contribution >= 4 is 32.5 Å². The van der Waals surface area contributed by atoms with Crippen LogP contribution < -0.4 is 15.2 Å². The minimum Gasteiger partial charge on any atom is -0.495 e. The number of anilines is 1. The smallest absolute Gasteiger partial charge is 0.256 e. The van der Waals surface area contributed by atoms with Crippen LogP contribution in [0, 0.1) is 0 Å². The van der Waals surface area contributed by atoms with Crippen LogP contribution in [0.4, 0.5) is 5.69 Å². The summed E-state index contributed by atoms with van der Waals surface area (Å²) in [5.41, 5.74) is 2.36. The topological polar surface area (TPSA) is 111 Å². The Kier molecular flexibility index (Phi) is 4.52. The lowest BCUT2D eigenvalue weighted by molar-refractivity contribution is 0.102. The quantitative estimate of drug-likeness (QED) is 0.687. The zero-order valence-electron chi connectivity index (χ0n) is 15.2. The maximum Gasteiger partial charge on any atom is 0.256 e. The molecule has 1 aliphatic rings. The lowest BCUT2D eigenvalue weighted by Gasteiger charge is -2.13. The highest BCUT2D eigenvalue weighted by atomic mass is 32.2. The van der Waals surface area contributed by atoms with E-state index in [0.29, 0.717) is 17.2 Å². The number of primary sulfonamides is 1. The molecule has 0 atom stereocenters. The molecule has 1 amide bonds. The molecule has 1 aliphatic carbocycles. The number of hydrogen-bond acceptors (Lipinski definition) is 5. The molecule has 7 nitrogen and oxygen atoms in total. The van der Waals surface area contributed by atoms with Gasteiger partial charge in [-0.1, -0.05) is 18.2 Å². The van der Waals surface area contributed by atoms with Crippen LogP contribution in [0.1, 0.15) is 34.8 Å². The number of nitrogens with zero attached hydrogens (tertiary/aromatic N) is 1. The van der Waals surface area contributed by atoms with Crippen molar-refractivity contribution in [3.05, 3.63) is 59.8 Å². The molecule has 3 aromatic rings. The largest absolute Gasteiger partial charge is 0.495 e. The van der Waals surface area contributed by atoms with Gasteiger partial charge in [0.2, 0.25) is 10.0 Å². The molecule has 2 aromatic carbocycles. The molecular weight excluding hydrogens is 378 g/mol. The molecule has 0 unspecified atom stereocenters. The van der Waals surface area contributed by atoms with E-state index in [0.717, 1.165) is 29.4 Å². The van der Waals surface area contributed by atoms with Crippen LogP contribution in [0.15, 0.2) is 53.4 Å². The fourth-order valence-electron chi connectivity index (χ4n) is 3.12. The number of pyridine rings is 1. The van der Waals surface area contributed by atoms with Crippen LogP contribution in [0.2, 0.25) is 0 Å². The Hall–Kier alpha value is -2.97. The Morgan fingerprint density at radius 3 is 2.61 bits per heavy atom. The Morgan fingerprint density at radius 1 is 1.18 bits per heavy atom. The van der Waals surface area contributed by atoms with E-state index in [-0.39, 0.29) is 16.5 Å². The van der Waals surface area contributed by atoms with Gasteiger partial charge in [0.1, 0.15) is 5.75 Å². The average molecular weight is 397 g/mol. The fraction of sp³-hybridized carbons (Fsp3) is 0.200. The molecule has 1 aromatic heterocycles. The van der Waals surface area contributed by atoms with Crippen molar-refractivity contribution in [1.82, 2.24) is 4.98 Å². The Bertz CT molecular complexity index is 1190. The number of fused-ring (bicyclic) bond motifs is 1. The van der Waals surface area contributed by atoms with Crippen LogP contribution in [0.25, 0.3) is 10.9 Å². The second kappa shape index (κ2) is 6.88. The molecule has 8 heteroatoms. The number of amides is 1. The number of ether oxygens (including phenoxy) is 1. The average Bonchev–Trinajstić information content (AvgIpc) is 3.51. The molecule has 4 rings (SSSR count). The van der Waals surface area contributed by atoms with Gasteiger partial charge in [-0.15, -0.1) is 0 Å². The molecule has 1 saturated carbocycles. The predicted octanol–water partition coefficient (Wildman–Crippen LogP) is 3.02. The number of methoxy groups -OCH3 is 1. The van der Waals surface area contributed by atoms with E-state index in [9.17, 15) is 13.2 Å². The van der Waals surface area contributed by atoms with E-state index in [1.54, 1.807) is 0 Å². The summed E-state index contributed by atoms with van der Waals surface area (Å²) in [5, 5.41) is 8.69. The second-order valence-corrected chi connectivity index (χ2v) is 8.31. The molecule has 0 radical (unpaired) electrons. The number of aromatic nitrogens is 1. The predicted molar refractivity (Wildman–Crippen MR) is 106 cm³/mol. The van der Waals surface area contributed by atoms with Gasteiger partial charge in [0.05, 0.1) is 28.8 Å². The zero-order valence-corrected chi connectivity index (χ0v) is 16.0. The fourth-order valence-corrected chi connectivity index (χ4v) is 3.66. The van der Waals surface area contributed by atoms with Crippen molar-refractivity contribution < 1.29 is 17.9 Å². The number of nitrogens with two attached hydrogens (primary N) is 1. The number of benzene rings is 2. The molecule has 3 N–H and O–H groups in total. The van der Waals surface area contributed by atoms with Gasteiger partial charge in [-0.25, -0.2) is 13.6 Å². The van der Waals surface area contributed by atoms with Crippen LogP contribution in [-0.4, -0.2) is 26.4 Å². The third kappa shape index (κ3) is 3.56. The molecule has 0 saturated heterocycles. The SMILES string of the molecule is COc1ccc(S(N)(=O)=O)cc1NC(=O)c1cc(C2CC2)nc2ccccc12. The number of hydrogen-bond donors (Lipinski definition) is 2. The summed E-state index contributed by atoms with van der Waals surface area (Å²) in [6, 6.07) is 13.3. The molecule has 144 valence electrons. The first-order valence-electron chi connectivity index (χ1n) is 8.78. The molecule has 0 spiro atoms. The van der Waals surface area contributed by atoms with Crippen molar-refractivity contribution in [3.8, 4) is 5.75 Å². The first-order chi connectivity index (χ1) is 13.4. The summed E-state index contributed by atoms with van der Waals surface area (Å²) in [6.45, 7) is 0. The lowest BCUT2D eigenvalue weighted by atomic mass is 10.1. The third-order valence-corrected chi connectivity index (χ3v) is 5.63. The highest BCUT2D eigenvalue weighted by Crippen LogP contribution is 2.40. The highest BCUT2D eigenvalue weighted by Gasteiger charge is 2.27. The highest BCUT2D eigenvalue weighted by molar-refractivity contribution is 7.89. The number of nitrogens with one attached hydrogen (secondary N) is 1. The summed E-state index contributed by atoms with van der Waals surface area (Å²) >= 11 is 0. The molecular formula is C20H19N3O4S. The minimum absolute atomic E-state index is 0.109. The number of carbonyl (C=O) groups is 1. The van der Waals surface area contributed by atoms with E-state index < -0.39 is 10.0 Å². The van der Waals surface area contributed by atoms with E-state index in [1.165, 1.54) is 25.3 Å². The van der Waals surface area contributed by atoms with Crippen LogP contribution in [0.5, 0.6) is 5.75 Å². The van der Waals surface area contributed by atoms with E-state index in [2.05, 4.69) is 10.3 Å². The lowest BCUT2D eigenvalue weighted by Crippen LogP contribution is -2.16. The normalized spacial score (nSPS) is 14.1. The van der Waals surface area contributed by atoms with Gasteiger partial charge in [-0.05, 0) is 43.2 Å². The van der Waals surface area contributed by atoms with E-state index in [1.807, 2.05) is 30.3 Å². The first kappa shape index (κ1) is 18.4. The van der Waals surface area contributed by atoms with Gasteiger partial charge in [0, 0.05) is 17.0 Å².